The molecule has 2 aromatic carbocycles. The molecule has 5 rings (SSSR count). The number of fused-ring (bicyclic) bond motifs is 1. The van der Waals surface area contributed by atoms with Gasteiger partial charge in [0.2, 0.25) is 0 Å². The van der Waals surface area contributed by atoms with Crippen molar-refractivity contribution in [3.05, 3.63) is 99.0 Å². The Kier molecular flexibility index (Phi) is 6.40. The zero-order chi connectivity index (χ0) is 27.8. The summed E-state index contributed by atoms with van der Waals surface area (Å²) < 4.78 is 36.0. The Labute approximate surface area is 218 Å². The van der Waals surface area contributed by atoms with Crippen molar-refractivity contribution in [1.29, 1.82) is 0 Å². The maximum Gasteiger partial charge on any atom is 0.335 e. The summed E-state index contributed by atoms with van der Waals surface area (Å²) in [6.07, 6.45) is 2.57. The number of halogens is 2. The third-order valence-corrected chi connectivity index (χ3v) is 5.85. The molecule has 0 aliphatic rings. The number of carbonyl (C=O) groups is 1. The Balaban J connectivity index is 1.46. The molecule has 39 heavy (non-hydrogen) atoms. The molecule has 198 valence electrons. The highest BCUT2D eigenvalue weighted by Gasteiger charge is 2.21. The molecule has 13 heteroatoms. The first-order valence-electron chi connectivity index (χ1n) is 11.7. The molecule has 1 amide bonds. The molecule has 0 radical (unpaired) electrons. The summed E-state index contributed by atoms with van der Waals surface area (Å²) in [5.41, 5.74) is 4.29. The molecule has 3 heterocycles. The molecule has 11 nitrogen and oxygen atoms in total. The number of ether oxygens (including phenoxy) is 1. The van der Waals surface area contributed by atoms with Crippen molar-refractivity contribution < 1.29 is 18.3 Å². The summed E-state index contributed by atoms with van der Waals surface area (Å²) in [5.74, 6) is -1.98. The fourth-order valence-electron chi connectivity index (χ4n) is 3.92. The number of hydrogen-bond donors (Lipinski definition) is 3. The lowest BCUT2D eigenvalue weighted by molar-refractivity contribution is 0.102. The molecule has 0 atom stereocenters. The van der Waals surface area contributed by atoms with E-state index < -0.39 is 34.8 Å². The number of nitrogens with two attached hydrogens (primary N) is 1. The van der Waals surface area contributed by atoms with Crippen LogP contribution in [-0.2, 0) is 0 Å². The zero-order valence-corrected chi connectivity index (χ0v) is 20.6. The van der Waals surface area contributed by atoms with Crippen LogP contribution in [0.3, 0.4) is 0 Å². The van der Waals surface area contributed by atoms with E-state index >= 15 is 0 Å². The maximum absolute atomic E-state index is 14.9. The van der Waals surface area contributed by atoms with E-state index in [4.69, 9.17) is 10.5 Å². The number of nitrogens with one attached hydrogen (secondary N) is 2. The van der Waals surface area contributed by atoms with Crippen LogP contribution in [0.2, 0.25) is 0 Å². The van der Waals surface area contributed by atoms with Crippen molar-refractivity contribution in [1.82, 2.24) is 24.3 Å². The topological polar surface area (TPSA) is 150 Å². The minimum atomic E-state index is -0.916. The fraction of sp³-hybridized carbons (Fsp3) is 0.115. The van der Waals surface area contributed by atoms with Gasteiger partial charge in [-0.25, -0.2) is 23.1 Å². The van der Waals surface area contributed by atoms with Gasteiger partial charge in [-0.15, -0.1) is 0 Å². The van der Waals surface area contributed by atoms with Crippen LogP contribution in [0, 0.1) is 11.6 Å². The molecular weight excluding hydrogens is 512 g/mol. The minimum Gasteiger partial charge on any atom is -0.453 e. The predicted molar refractivity (Wildman–Crippen MR) is 139 cm³/mol. The van der Waals surface area contributed by atoms with Crippen LogP contribution < -0.4 is 27.0 Å². The summed E-state index contributed by atoms with van der Waals surface area (Å²) in [7, 11) is 0. The molecule has 3 aromatic heterocycles. The quantitative estimate of drug-likeness (QED) is 0.301. The van der Waals surface area contributed by atoms with Crippen molar-refractivity contribution in [2.75, 3.05) is 11.1 Å². The first-order chi connectivity index (χ1) is 18.6. The van der Waals surface area contributed by atoms with Crippen LogP contribution in [0.5, 0.6) is 11.5 Å². The number of carbonyl (C=O) groups excluding carboxylic acids is 1. The molecule has 5 aromatic rings. The van der Waals surface area contributed by atoms with E-state index in [1.54, 1.807) is 13.8 Å². The fourth-order valence-corrected chi connectivity index (χ4v) is 3.92. The first-order valence-corrected chi connectivity index (χ1v) is 11.7. The van der Waals surface area contributed by atoms with E-state index in [-0.39, 0.29) is 34.3 Å². The largest absolute Gasteiger partial charge is 0.453 e. The molecule has 0 saturated heterocycles. The normalized spacial score (nSPS) is 11.2. The van der Waals surface area contributed by atoms with Gasteiger partial charge in [0.25, 0.3) is 11.5 Å². The minimum absolute atomic E-state index is 0.0302. The highest BCUT2D eigenvalue weighted by molar-refractivity contribution is 6.04. The summed E-state index contributed by atoms with van der Waals surface area (Å²) in [6.45, 7) is 3.40. The zero-order valence-electron chi connectivity index (χ0n) is 20.6. The average molecular weight is 533 g/mol. The number of H-pyrrole nitrogens is 1. The lowest BCUT2D eigenvalue weighted by Gasteiger charge is -2.16. The number of aromatic amines is 1. The van der Waals surface area contributed by atoms with Gasteiger partial charge in [-0.3, -0.25) is 19.3 Å². The molecule has 0 bridgehead atoms. The van der Waals surface area contributed by atoms with Gasteiger partial charge >= 0.3 is 5.69 Å². The van der Waals surface area contributed by atoms with Gasteiger partial charge in [0.1, 0.15) is 28.3 Å². The Hall–Kier alpha value is -5.33. The molecule has 4 N–H and O–H groups in total. The first kappa shape index (κ1) is 25.3. The Morgan fingerprint density at radius 2 is 1.82 bits per heavy atom. The molecule has 0 aliphatic carbocycles. The average Bonchev–Trinajstić information content (AvgIpc) is 3.28. The molecule has 0 aliphatic heterocycles. The summed E-state index contributed by atoms with van der Waals surface area (Å²) in [5, 5.41) is 9.36. The van der Waals surface area contributed by atoms with Crippen LogP contribution in [0.1, 0.15) is 30.2 Å². The van der Waals surface area contributed by atoms with Crippen LogP contribution in [0.15, 0.2) is 70.5 Å². The van der Waals surface area contributed by atoms with Crippen molar-refractivity contribution in [2.45, 2.75) is 19.9 Å². The standard InChI is InChI=1S/C26H21F2N7O4/c1-13(2)34-12-17(25(37)35(26(34)38)16-6-3-14(27)4-7-16)24(36)31-15-5-8-19(18(28)11-15)39-20-9-10-30-23-21(20)22(29)32-33-23/h3-13H,1-2H3,(H,31,36)(H3,29,30,32,33). The summed E-state index contributed by atoms with van der Waals surface area (Å²) in [4.78, 5) is 43.4. The monoisotopic (exact) mass is 533 g/mol. The lowest BCUT2D eigenvalue weighted by atomic mass is 10.2. The highest BCUT2D eigenvalue weighted by Crippen LogP contribution is 2.33. The number of rotatable bonds is 6. The third-order valence-electron chi connectivity index (χ3n) is 5.85. The second-order valence-electron chi connectivity index (χ2n) is 8.79. The number of anilines is 2. The number of amides is 1. The number of pyridine rings is 1. The van der Waals surface area contributed by atoms with Gasteiger partial charge in [-0.05, 0) is 50.2 Å². The molecule has 0 saturated carbocycles. The predicted octanol–water partition coefficient (Wildman–Crippen LogP) is 3.76. The summed E-state index contributed by atoms with van der Waals surface area (Å²) >= 11 is 0. The van der Waals surface area contributed by atoms with Crippen LogP contribution in [0.4, 0.5) is 20.3 Å². The number of nitrogens with zero attached hydrogens (tertiary/aromatic N) is 4. The van der Waals surface area contributed by atoms with Crippen molar-refractivity contribution >= 4 is 28.4 Å². The highest BCUT2D eigenvalue weighted by atomic mass is 19.1. The van der Waals surface area contributed by atoms with E-state index in [9.17, 15) is 23.2 Å². The van der Waals surface area contributed by atoms with Crippen molar-refractivity contribution in [3.63, 3.8) is 0 Å². The van der Waals surface area contributed by atoms with E-state index in [0.29, 0.717) is 11.0 Å². The van der Waals surface area contributed by atoms with Gasteiger partial charge in [0.05, 0.1) is 5.69 Å². The Morgan fingerprint density at radius 3 is 2.51 bits per heavy atom. The Bertz CT molecular complexity index is 1840. The third kappa shape index (κ3) is 4.72. The molecule has 0 spiro atoms. The number of hydrogen-bond acceptors (Lipinski definition) is 7. The van der Waals surface area contributed by atoms with E-state index in [1.165, 1.54) is 41.1 Å². The van der Waals surface area contributed by atoms with E-state index in [2.05, 4.69) is 20.5 Å². The lowest BCUT2D eigenvalue weighted by Crippen LogP contribution is -2.42. The molecular formula is C26H21F2N7O4. The smallest absolute Gasteiger partial charge is 0.335 e. The Morgan fingerprint density at radius 1 is 1.08 bits per heavy atom. The molecule has 0 fully saturated rings. The van der Waals surface area contributed by atoms with Crippen LogP contribution in [0.25, 0.3) is 16.7 Å². The molecule has 0 unspecified atom stereocenters. The number of nitrogen functional groups attached to an aromatic ring is 1. The van der Waals surface area contributed by atoms with Crippen LogP contribution >= 0.6 is 0 Å². The van der Waals surface area contributed by atoms with Gasteiger partial charge in [-0.1, -0.05) is 0 Å². The van der Waals surface area contributed by atoms with Gasteiger partial charge in [0.15, 0.2) is 17.2 Å². The van der Waals surface area contributed by atoms with Crippen LogP contribution in [-0.4, -0.2) is 30.2 Å². The second-order valence-corrected chi connectivity index (χ2v) is 8.79. The SMILES string of the molecule is CC(C)n1cc(C(=O)Nc2ccc(Oc3ccnc4n[nH]c(N)c34)c(F)c2)c(=O)n(-c2ccc(F)cc2)c1=O. The number of aromatic nitrogens is 5. The summed E-state index contributed by atoms with van der Waals surface area (Å²) in [6, 6.07) is 9.48. The maximum atomic E-state index is 14.9. The van der Waals surface area contributed by atoms with Gasteiger partial charge < -0.3 is 15.8 Å². The van der Waals surface area contributed by atoms with Gasteiger partial charge in [-0.2, -0.15) is 5.10 Å². The van der Waals surface area contributed by atoms with Crippen molar-refractivity contribution in [3.8, 4) is 17.2 Å². The van der Waals surface area contributed by atoms with E-state index in [1.807, 2.05) is 0 Å². The number of benzene rings is 2. The second kappa shape index (κ2) is 9.85. The van der Waals surface area contributed by atoms with E-state index in [0.717, 1.165) is 29.0 Å². The van der Waals surface area contributed by atoms with Crippen molar-refractivity contribution in [2.24, 2.45) is 0 Å². The van der Waals surface area contributed by atoms with Gasteiger partial charge in [0, 0.05) is 36.3 Å².